The second-order valence-corrected chi connectivity index (χ2v) is 4.54. The molecule has 88 valence electrons. The molecule has 0 unspecified atom stereocenters. The van der Waals surface area contributed by atoms with Crippen LogP contribution in [0.5, 0.6) is 0 Å². The first-order valence-corrected chi connectivity index (χ1v) is 5.61. The number of rotatable bonds is 2. The van der Waals surface area contributed by atoms with E-state index in [1.807, 2.05) is 0 Å². The van der Waals surface area contributed by atoms with Crippen molar-refractivity contribution in [1.82, 2.24) is 4.57 Å². The van der Waals surface area contributed by atoms with Gasteiger partial charge in [0.1, 0.15) is 11.5 Å². The molecule has 0 bridgehead atoms. The van der Waals surface area contributed by atoms with Crippen LogP contribution in [0.1, 0.15) is 34.8 Å². The fourth-order valence-corrected chi connectivity index (χ4v) is 2.54. The third-order valence-electron chi connectivity index (χ3n) is 3.39. The number of carboxylic acid groups (broad SMARTS) is 1. The zero-order valence-electron chi connectivity index (χ0n) is 9.40. The van der Waals surface area contributed by atoms with Gasteiger partial charge in [0.25, 0.3) is 0 Å². The smallest absolute Gasteiger partial charge is 0.352 e. The average molecular weight is 233 g/mol. The highest BCUT2D eigenvalue weighted by Gasteiger charge is 2.33. The molecule has 2 aromatic rings. The average Bonchev–Trinajstić information content (AvgIpc) is 3.04. The summed E-state index contributed by atoms with van der Waals surface area (Å²) in [5, 5.41) is 10.0. The van der Waals surface area contributed by atoms with E-state index in [4.69, 9.17) is 0 Å². The lowest BCUT2D eigenvalue weighted by Crippen LogP contribution is -2.07. The van der Waals surface area contributed by atoms with Gasteiger partial charge in [-0.2, -0.15) is 0 Å². The maximum atomic E-state index is 13.8. The normalized spacial score (nSPS) is 15.4. The molecule has 0 radical (unpaired) electrons. The van der Waals surface area contributed by atoms with Crippen LogP contribution in [0.3, 0.4) is 0 Å². The lowest BCUT2D eigenvalue weighted by atomic mass is 10.1. The summed E-state index contributed by atoms with van der Waals surface area (Å²) in [6.07, 6.45) is 1.99. The molecule has 0 aliphatic heterocycles. The predicted molar refractivity (Wildman–Crippen MR) is 61.8 cm³/mol. The Labute approximate surface area is 97.5 Å². The number of aromatic carboxylic acids is 1. The van der Waals surface area contributed by atoms with Crippen molar-refractivity contribution >= 4 is 16.9 Å². The number of aryl methyl sites for hydroxylation is 1. The van der Waals surface area contributed by atoms with Gasteiger partial charge < -0.3 is 9.67 Å². The molecule has 4 heteroatoms. The van der Waals surface area contributed by atoms with Crippen LogP contribution in [0.4, 0.5) is 4.39 Å². The quantitative estimate of drug-likeness (QED) is 0.866. The summed E-state index contributed by atoms with van der Waals surface area (Å²) in [7, 11) is 1.61. The summed E-state index contributed by atoms with van der Waals surface area (Å²) < 4.78 is 15.2. The van der Waals surface area contributed by atoms with Gasteiger partial charge in [-0.15, -0.1) is 0 Å². The molecule has 1 fully saturated rings. The van der Waals surface area contributed by atoms with Crippen molar-refractivity contribution in [2.24, 2.45) is 7.05 Å². The molecule has 0 saturated heterocycles. The Kier molecular flexibility index (Phi) is 2.02. The molecule has 3 nitrogen and oxygen atoms in total. The summed E-state index contributed by atoms with van der Waals surface area (Å²) in [5.41, 5.74) is 1.42. The van der Waals surface area contributed by atoms with Crippen molar-refractivity contribution in [3.05, 3.63) is 35.3 Å². The second kappa shape index (κ2) is 3.32. The van der Waals surface area contributed by atoms with Gasteiger partial charge in [-0.3, -0.25) is 0 Å². The SMILES string of the molecule is Cn1c(C(=O)O)c(C2CC2)c2cccc(F)c21. The Morgan fingerprint density at radius 1 is 1.47 bits per heavy atom. The molecule has 1 heterocycles. The Morgan fingerprint density at radius 2 is 2.18 bits per heavy atom. The van der Waals surface area contributed by atoms with Crippen molar-refractivity contribution in [2.45, 2.75) is 18.8 Å². The minimum Gasteiger partial charge on any atom is -0.477 e. The first-order valence-electron chi connectivity index (χ1n) is 5.61. The van der Waals surface area contributed by atoms with Crippen molar-refractivity contribution in [3.8, 4) is 0 Å². The minimum absolute atomic E-state index is 0.229. The van der Waals surface area contributed by atoms with E-state index in [-0.39, 0.29) is 17.4 Å². The van der Waals surface area contributed by atoms with Crippen LogP contribution in [-0.2, 0) is 7.05 Å². The first-order chi connectivity index (χ1) is 8.11. The highest BCUT2D eigenvalue weighted by Crippen LogP contribution is 2.46. The summed E-state index contributed by atoms with van der Waals surface area (Å²) in [5.74, 6) is -1.06. The number of aromatic nitrogens is 1. The van der Waals surface area contributed by atoms with Crippen molar-refractivity contribution in [2.75, 3.05) is 0 Å². The number of fused-ring (bicyclic) bond motifs is 1. The third-order valence-corrected chi connectivity index (χ3v) is 3.39. The molecular formula is C13H12FNO2. The van der Waals surface area contributed by atoms with E-state index >= 15 is 0 Å². The highest BCUT2D eigenvalue weighted by atomic mass is 19.1. The Morgan fingerprint density at radius 3 is 2.76 bits per heavy atom. The summed E-state index contributed by atoms with van der Waals surface area (Å²) in [4.78, 5) is 11.3. The van der Waals surface area contributed by atoms with E-state index < -0.39 is 5.97 Å². The molecule has 17 heavy (non-hydrogen) atoms. The molecule has 1 aliphatic carbocycles. The summed E-state index contributed by atoms with van der Waals surface area (Å²) in [6, 6.07) is 4.80. The molecular weight excluding hydrogens is 221 g/mol. The van der Waals surface area contributed by atoms with Crippen LogP contribution < -0.4 is 0 Å². The number of hydrogen-bond acceptors (Lipinski definition) is 1. The predicted octanol–water partition coefficient (Wildman–Crippen LogP) is 2.89. The lowest BCUT2D eigenvalue weighted by Gasteiger charge is -2.01. The van der Waals surface area contributed by atoms with Crippen LogP contribution in [0.2, 0.25) is 0 Å². The molecule has 0 amide bonds. The van der Waals surface area contributed by atoms with Gasteiger partial charge in [0, 0.05) is 12.4 Å². The molecule has 3 rings (SSSR count). The van der Waals surface area contributed by atoms with Gasteiger partial charge in [-0.1, -0.05) is 12.1 Å². The summed E-state index contributed by atoms with van der Waals surface area (Å²) in [6.45, 7) is 0. The third kappa shape index (κ3) is 1.37. The maximum Gasteiger partial charge on any atom is 0.352 e. The standard InChI is InChI=1S/C13H12FNO2/c1-15-11-8(3-2-4-9(11)14)10(7-5-6-7)12(15)13(16)17/h2-4,7H,5-6H2,1H3,(H,16,17). The van der Waals surface area contributed by atoms with E-state index in [9.17, 15) is 14.3 Å². The second-order valence-electron chi connectivity index (χ2n) is 4.54. The number of benzene rings is 1. The lowest BCUT2D eigenvalue weighted by molar-refractivity contribution is 0.0685. The van der Waals surface area contributed by atoms with Gasteiger partial charge in [-0.05, 0) is 30.4 Å². The molecule has 1 saturated carbocycles. The highest BCUT2D eigenvalue weighted by molar-refractivity contribution is 5.99. The maximum absolute atomic E-state index is 13.8. The first kappa shape index (κ1) is 10.3. The minimum atomic E-state index is -0.981. The summed E-state index contributed by atoms with van der Waals surface area (Å²) >= 11 is 0. The van der Waals surface area contributed by atoms with Gasteiger partial charge in [-0.25, -0.2) is 9.18 Å². The fraction of sp³-hybridized carbons (Fsp3) is 0.308. The fourth-order valence-electron chi connectivity index (χ4n) is 2.54. The number of nitrogens with zero attached hydrogens (tertiary/aromatic N) is 1. The molecule has 1 N–H and O–H groups in total. The van der Waals surface area contributed by atoms with Crippen molar-refractivity contribution in [3.63, 3.8) is 0 Å². The Bertz CT molecular complexity index is 626. The van der Waals surface area contributed by atoms with Gasteiger partial charge in [0.2, 0.25) is 0 Å². The largest absolute Gasteiger partial charge is 0.477 e. The van der Waals surface area contributed by atoms with E-state index in [1.54, 1.807) is 19.2 Å². The van der Waals surface area contributed by atoms with E-state index in [0.717, 1.165) is 23.8 Å². The number of halogens is 1. The molecule has 1 aromatic heterocycles. The van der Waals surface area contributed by atoms with Crippen LogP contribution >= 0.6 is 0 Å². The van der Waals surface area contributed by atoms with E-state index in [2.05, 4.69) is 0 Å². The molecule has 0 atom stereocenters. The zero-order valence-corrected chi connectivity index (χ0v) is 9.40. The van der Waals surface area contributed by atoms with Crippen LogP contribution in [-0.4, -0.2) is 15.6 Å². The molecule has 0 spiro atoms. The Balaban J connectivity index is 2.45. The number of hydrogen-bond donors (Lipinski definition) is 1. The van der Waals surface area contributed by atoms with Crippen LogP contribution in [0.15, 0.2) is 18.2 Å². The topological polar surface area (TPSA) is 42.2 Å². The Hall–Kier alpha value is -1.84. The van der Waals surface area contributed by atoms with E-state index in [0.29, 0.717) is 5.52 Å². The monoisotopic (exact) mass is 233 g/mol. The van der Waals surface area contributed by atoms with Crippen LogP contribution in [0.25, 0.3) is 10.9 Å². The van der Waals surface area contributed by atoms with Gasteiger partial charge in [0.15, 0.2) is 0 Å². The van der Waals surface area contributed by atoms with Gasteiger partial charge >= 0.3 is 5.97 Å². The molecule has 1 aliphatic rings. The zero-order chi connectivity index (χ0) is 12.2. The van der Waals surface area contributed by atoms with Crippen molar-refractivity contribution in [1.29, 1.82) is 0 Å². The van der Waals surface area contributed by atoms with Crippen molar-refractivity contribution < 1.29 is 14.3 Å². The number of carboxylic acids is 1. The van der Waals surface area contributed by atoms with Gasteiger partial charge in [0.05, 0.1) is 5.52 Å². The van der Waals surface area contributed by atoms with E-state index in [1.165, 1.54) is 10.6 Å². The van der Waals surface area contributed by atoms with Crippen LogP contribution in [0, 0.1) is 5.82 Å². The number of carbonyl (C=O) groups is 1. The number of para-hydroxylation sites is 1. The molecule has 1 aromatic carbocycles.